The Balaban J connectivity index is 0.00000300. The van der Waals surface area contributed by atoms with E-state index in [0.29, 0.717) is 5.56 Å². The van der Waals surface area contributed by atoms with E-state index in [4.69, 9.17) is 12.2 Å². The molecule has 0 aromatic heterocycles. The molecule has 0 aliphatic carbocycles. The molecule has 0 saturated carbocycles. The molecule has 9 nitrogen and oxygen atoms in total. The average molecular weight is 438 g/mol. The van der Waals surface area contributed by atoms with E-state index in [9.17, 15) is 19.7 Å². The van der Waals surface area contributed by atoms with Crippen LogP contribution >= 0.6 is 12.2 Å². The molecule has 2 fully saturated rings. The van der Waals surface area contributed by atoms with Gasteiger partial charge in [0.1, 0.15) is 5.57 Å². The number of nitrogens with one attached hydrogen (secondary N) is 1. The highest BCUT2D eigenvalue weighted by molar-refractivity contribution is 7.80. The molecule has 11 heteroatoms. The summed E-state index contributed by atoms with van der Waals surface area (Å²) in [6, 6.07) is 4.47. The molecule has 1 aromatic rings. The molecule has 0 bridgehead atoms. The van der Waals surface area contributed by atoms with E-state index < -0.39 is 16.7 Å². The van der Waals surface area contributed by atoms with Crippen molar-refractivity contribution in [1.82, 2.24) is 10.2 Å². The molecule has 2 amide bonds. The van der Waals surface area contributed by atoms with Crippen LogP contribution in [-0.2, 0) is 9.59 Å². The molecule has 2 aliphatic rings. The fourth-order valence-corrected chi connectivity index (χ4v) is 3.44. The minimum absolute atomic E-state index is 0. The normalized spacial score (nSPS) is 18.3. The van der Waals surface area contributed by atoms with Gasteiger partial charge in [-0.3, -0.25) is 29.9 Å². The molecule has 0 radical (unpaired) electrons. The second kappa shape index (κ2) is 9.59. The lowest BCUT2D eigenvalue weighted by molar-refractivity contribution is -0.655. The van der Waals surface area contributed by atoms with Crippen molar-refractivity contribution in [1.29, 1.82) is 0 Å². The summed E-state index contributed by atoms with van der Waals surface area (Å²) in [5, 5.41) is 15.9. The van der Waals surface area contributed by atoms with Gasteiger partial charge in [-0.1, -0.05) is 6.08 Å². The van der Waals surface area contributed by atoms with E-state index >= 15 is 0 Å². The molecule has 0 atom stereocenters. The Bertz CT molecular complexity index is 898. The molecule has 3 N–H and O–H groups in total. The number of anilines is 1. The third kappa shape index (κ3) is 4.78. The minimum atomic E-state index is -0.625. The van der Waals surface area contributed by atoms with Crippen LogP contribution in [0.3, 0.4) is 0 Å². The molecule has 0 spiro atoms. The second-order valence-corrected chi connectivity index (χ2v) is 6.76. The van der Waals surface area contributed by atoms with Gasteiger partial charge in [-0.05, 0) is 24.4 Å². The lowest BCUT2D eigenvalue weighted by Gasteiger charge is -2.30. The van der Waals surface area contributed by atoms with Crippen molar-refractivity contribution in [2.75, 3.05) is 37.6 Å². The van der Waals surface area contributed by atoms with Crippen LogP contribution in [0.4, 0.5) is 11.4 Å². The quantitative estimate of drug-likeness (QED) is 0.125. The number of halogens is 1. The van der Waals surface area contributed by atoms with E-state index in [1.165, 1.54) is 29.2 Å². The maximum absolute atomic E-state index is 12.8. The van der Waals surface area contributed by atoms with Gasteiger partial charge in [0.15, 0.2) is 5.11 Å². The number of benzene rings is 1. The largest absolute Gasteiger partial charge is 1.00 e. The first kappa shape index (κ1) is 22.5. The number of piperazine rings is 1. The number of thiocarbonyl (C=S) groups is 1. The number of nitrogens with zero attached hydrogens (tertiary/aromatic N) is 3. The Morgan fingerprint density at radius 3 is 2.62 bits per heavy atom. The highest BCUT2D eigenvalue weighted by Gasteiger charge is 2.33. The van der Waals surface area contributed by atoms with Crippen LogP contribution in [-0.4, -0.2) is 59.5 Å². The highest BCUT2D eigenvalue weighted by Crippen LogP contribution is 2.28. The predicted molar refractivity (Wildman–Crippen MR) is 108 cm³/mol. The Morgan fingerprint density at radius 1 is 1.31 bits per heavy atom. The number of rotatable bonds is 5. The number of quaternary nitrogens is 1. The van der Waals surface area contributed by atoms with E-state index in [-0.39, 0.29) is 35.3 Å². The second-order valence-electron chi connectivity index (χ2n) is 6.38. The van der Waals surface area contributed by atoms with Crippen LogP contribution in [0, 0.1) is 10.1 Å². The summed E-state index contributed by atoms with van der Waals surface area (Å²) in [4.78, 5) is 39.2. The standard InChI is InChI=1S/C18H19N5O4S.ClH/c1-2-7-22-17(25)14(16(24)20-18(22)28)11-12-10-13(23(26)27)3-4-15(12)21-8-5-19-6-9-21;/h2-4,10-11,19H,1,5-9H2,(H,20,24,28);1H/b14-11-;. The Hall–Kier alpha value is -2.82. The minimum Gasteiger partial charge on any atom is -1.00 e. The average Bonchev–Trinajstić information content (AvgIpc) is 2.69. The van der Waals surface area contributed by atoms with Crippen molar-refractivity contribution < 1.29 is 32.2 Å². The van der Waals surface area contributed by atoms with Crippen molar-refractivity contribution in [3.05, 3.63) is 52.1 Å². The number of non-ortho nitro benzene ring substituents is 1. The van der Waals surface area contributed by atoms with Gasteiger partial charge < -0.3 is 22.6 Å². The van der Waals surface area contributed by atoms with Gasteiger partial charge in [-0.25, -0.2) is 0 Å². The highest BCUT2D eigenvalue weighted by atomic mass is 35.5. The van der Waals surface area contributed by atoms with Crippen molar-refractivity contribution >= 4 is 46.6 Å². The summed E-state index contributed by atoms with van der Waals surface area (Å²) in [7, 11) is 0. The van der Waals surface area contributed by atoms with Gasteiger partial charge in [0.25, 0.3) is 17.5 Å². The van der Waals surface area contributed by atoms with Crippen LogP contribution in [0.15, 0.2) is 36.4 Å². The van der Waals surface area contributed by atoms with Crippen LogP contribution in [0.25, 0.3) is 6.08 Å². The number of carbonyl (C=O) groups excluding carboxylic acids is 2. The van der Waals surface area contributed by atoms with Crippen molar-refractivity contribution in [2.24, 2.45) is 0 Å². The number of amides is 2. The van der Waals surface area contributed by atoms with Crippen LogP contribution in [0.2, 0.25) is 0 Å². The number of nitro groups is 1. The van der Waals surface area contributed by atoms with Gasteiger partial charge in [0.2, 0.25) is 0 Å². The van der Waals surface area contributed by atoms with Crippen LogP contribution < -0.4 is 27.9 Å². The van der Waals surface area contributed by atoms with Gasteiger partial charge in [-0.15, -0.1) is 6.58 Å². The number of hydrogen-bond acceptors (Lipinski definition) is 6. The molecule has 29 heavy (non-hydrogen) atoms. The van der Waals surface area contributed by atoms with E-state index in [1.807, 2.05) is 0 Å². The van der Waals surface area contributed by atoms with E-state index in [2.05, 4.69) is 22.1 Å². The fraction of sp³-hybridized carbons (Fsp3) is 0.278. The summed E-state index contributed by atoms with van der Waals surface area (Å²) >= 11 is 5.04. The lowest BCUT2D eigenvalue weighted by Crippen LogP contribution is -3.00. The maximum atomic E-state index is 12.8. The fourth-order valence-electron chi connectivity index (χ4n) is 3.19. The Labute approximate surface area is 179 Å². The van der Waals surface area contributed by atoms with Gasteiger partial charge >= 0.3 is 0 Å². The monoisotopic (exact) mass is 437 g/mol. The number of carbonyl (C=O) groups is 2. The molecule has 2 aliphatic heterocycles. The number of hydrogen-bond donors (Lipinski definition) is 2. The van der Waals surface area contributed by atoms with Crippen molar-refractivity contribution in [3.8, 4) is 0 Å². The maximum Gasteiger partial charge on any atom is 0.270 e. The first-order chi connectivity index (χ1) is 13.4. The van der Waals surface area contributed by atoms with E-state index in [1.54, 1.807) is 6.07 Å². The zero-order chi connectivity index (χ0) is 20.3. The molecule has 1 aromatic carbocycles. The summed E-state index contributed by atoms with van der Waals surface area (Å²) in [5.41, 5.74) is 0.957. The third-order valence-electron chi connectivity index (χ3n) is 4.57. The van der Waals surface area contributed by atoms with Crippen LogP contribution in [0.5, 0.6) is 0 Å². The summed E-state index contributed by atoms with van der Waals surface area (Å²) in [5.74, 6) is -1.18. The summed E-state index contributed by atoms with van der Waals surface area (Å²) < 4.78 is 0. The van der Waals surface area contributed by atoms with Gasteiger partial charge in [-0.2, -0.15) is 0 Å². The van der Waals surface area contributed by atoms with E-state index in [0.717, 1.165) is 31.9 Å². The molecule has 3 rings (SSSR count). The smallest absolute Gasteiger partial charge is 0.270 e. The van der Waals surface area contributed by atoms with Crippen molar-refractivity contribution in [3.63, 3.8) is 0 Å². The van der Waals surface area contributed by atoms with Gasteiger partial charge in [0, 0.05) is 29.9 Å². The number of nitrogens with two attached hydrogens (primary N) is 1. The topological polar surface area (TPSA) is 112 Å². The van der Waals surface area contributed by atoms with Crippen molar-refractivity contribution in [2.45, 2.75) is 0 Å². The SMILES string of the molecule is C=CCN1C(=O)/C(=C\c2cc([N+](=O)[O-])ccc2N2CC[NH2+]CC2)C(=O)NC1=S.[Cl-]. The molecule has 0 unspecified atom stereocenters. The molecular formula is C18H20ClN5O4S. The molecular weight excluding hydrogens is 418 g/mol. The Kier molecular flexibility index (Phi) is 7.43. The van der Waals surface area contributed by atoms with Gasteiger partial charge in [0.05, 0.1) is 31.1 Å². The summed E-state index contributed by atoms with van der Waals surface area (Å²) in [6.45, 7) is 7.06. The summed E-state index contributed by atoms with van der Waals surface area (Å²) in [6.07, 6.45) is 2.90. The zero-order valence-electron chi connectivity index (χ0n) is 15.5. The first-order valence-electron chi connectivity index (χ1n) is 8.77. The number of nitro benzene ring substituents is 1. The third-order valence-corrected chi connectivity index (χ3v) is 4.89. The Morgan fingerprint density at radius 2 is 2.00 bits per heavy atom. The lowest BCUT2D eigenvalue weighted by atomic mass is 10.0. The van der Waals surface area contributed by atoms with Crippen LogP contribution in [0.1, 0.15) is 5.56 Å². The first-order valence-corrected chi connectivity index (χ1v) is 9.18. The molecule has 2 saturated heterocycles. The zero-order valence-corrected chi connectivity index (χ0v) is 17.0. The molecule has 2 heterocycles. The predicted octanol–water partition coefficient (Wildman–Crippen LogP) is -3.21. The molecule has 154 valence electrons.